The Morgan fingerprint density at radius 1 is 1.34 bits per heavy atom. The van der Waals surface area contributed by atoms with E-state index in [0.29, 0.717) is 52.4 Å². The molecule has 2 saturated heterocycles. The van der Waals surface area contributed by atoms with Crippen LogP contribution in [-0.4, -0.2) is 96.6 Å². The van der Waals surface area contributed by atoms with Crippen LogP contribution in [0.4, 0.5) is 4.79 Å². The number of morpholine rings is 1. The van der Waals surface area contributed by atoms with Crippen LogP contribution < -0.4 is 10.6 Å². The van der Waals surface area contributed by atoms with Gasteiger partial charge in [-0.15, -0.1) is 0 Å². The highest BCUT2D eigenvalue weighted by Gasteiger charge is 2.41. The molecule has 1 aromatic rings. The topological polar surface area (TPSA) is 127 Å². The van der Waals surface area contributed by atoms with E-state index in [1.165, 1.54) is 0 Å². The molecule has 3 heterocycles. The van der Waals surface area contributed by atoms with E-state index in [4.69, 9.17) is 24.4 Å². The van der Waals surface area contributed by atoms with Gasteiger partial charge in [-0.05, 0) is 51.5 Å². The van der Waals surface area contributed by atoms with Gasteiger partial charge in [0, 0.05) is 45.1 Å². The van der Waals surface area contributed by atoms with E-state index in [1.54, 1.807) is 7.11 Å². The van der Waals surface area contributed by atoms with Crippen molar-refractivity contribution in [2.45, 2.75) is 75.7 Å². The van der Waals surface area contributed by atoms with Crippen molar-refractivity contribution in [3.63, 3.8) is 0 Å². The van der Waals surface area contributed by atoms with Crippen molar-refractivity contribution in [3.8, 4) is 0 Å². The Morgan fingerprint density at radius 2 is 2.11 bits per heavy atom. The minimum Gasteiger partial charge on any atom is -0.465 e. The molecule has 1 aromatic heterocycles. The van der Waals surface area contributed by atoms with Crippen molar-refractivity contribution in [1.82, 2.24) is 25.3 Å². The summed E-state index contributed by atoms with van der Waals surface area (Å²) in [6.45, 7) is 5.33. The van der Waals surface area contributed by atoms with Crippen LogP contribution in [0, 0.1) is 0 Å². The number of aryl methyl sites for hydroxylation is 1. The average molecular weight is 494 g/mol. The predicted molar refractivity (Wildman–Crippen MR) is 127 cm³/mol. The summed E-state index contributed by atoms with van der Waals surface area (Å²) in [7, 11) is 1.66. The van der Waals surface area contributed by atoms with Crippen LogP contribution in [0.3, 0.4) is 0 Å². The molecule has 3 aliphatic rings. The first-order chi connectivity index (χ1) is 17.0. The summed E-state index contributed by atoms with van der Waals surface area (Å²) in [5.41, 5.74) is 1.95. The third kappa shape index (κ3) is 6.72. The Morgan fingerprint density at radius 3 is 2.74 bits per heavy atom. The highest BCUT2D eigenvalue weighted by Crippen LogP contribution is 2.36. The lowest BCUT2D eigenvalue weighted by molar-refractivity contribution is -0.150. The number of nitrogens with zero attached hydrogens (tertiary/aromatic N) is 3. The van der Waals surface area contributed by atoms with Crippen molar-refractivity contribution in [2.75, 3.05) is 46.6 Å². The molecule has 0 spiro atoms. The fourth-order valence-electron chi connectivity index (χ4n) is 5.00. The second-order valence-corrected chi connectivity index (χ2v) is 9.72. The summed E-state index contributed by atoms with van der Waals surface area (Å²) in [4.78, 5) is 26.3. The molecule has 3 fully saturated rings. The van der Waals surface area contributed by atoms with Crippen molar-refractivity contribution in [1.29, 1.82) is 0 Å². The van der Waals surface area contributed by atoms with Gasteiger partial charge >= 0.3 is 6.09 Å². The van der Waals surface area contributed by atoms with Gasteiger partial charge in [0.25, 0.3) is 5.91 Å². The number of rotatable bonds is 11. The van der Waals surface area contributed by atoms with Crippen LogP contribution >= 0.6 is 0 Å². The molecule has 3 atom stereocenters. The van der Waals surface area contributed by atoms with E-state index < -0.39 is 12.2 Å². The monoisotopic (exact) mass is 493 g/mol. The van der Waals surface area contributed by atoms with Crippen LogP contribution in [0.25, 0.3) is 0 Å². The van der Waals surface area contributed by atoms with Crippen molar-refractivity contribution >= 4 is 12.0 Å². The molecule has 196 valence electrons. The molecule has 11 nitrogen and oxygen atoms in total. The van der Waals surface area contributed by atoms with Gasteiger partial charge in [-0.1, -0.05) is 0 Å². The maximum absolute atomic E-state index is 13.5. The number of ether oxygens (including phenoxy) is 3. The van der Waals surface area contributed by atoms with Crippen molar-refractivity contribution in [3.05, 3.63) is 17.5 Å². The van der Waals surface area contributed by atoms with Crippen molar-refractivity contribution < 1.29 is 28.9 Å². The van der Waals surface area contributed by atoms with E-state index in [1.807, 2.05) is 11.8 Å². The third-order valence-corrected chi connectivity index (χ3v) is 7.03. The first-order valence-corrected chi connectivity index (χ1v) is 12.8. The average Bonchev–Trinajstić information content (AvgIpc) is 3.60. The Hall–Kier alpha value is -2.21. The zero-order valence-electron chi connectivity index (χ0n) is 20.8. The number of nitrogens with one attached hydrogen (secondary N) is 2. The standard InChI is InChI=1S/C24H39N5O6/c1-16(28(18-5-6-18)23(30)22-13-26-17(14-33-2)15-35-22)21-12-20(4-3-9-25-24(31)32)29(27-21)19-7-10-34-11-8-19/h12,16-19,22,25-26H,3-11,13-15H2,1-2H3,(H,31,32)/t16-,17+,22-/m1/s1. The molecule has 0 unspecified atom stereocenters. The summed E-state index contributed by atoms with van der Waals surface area (Å²) < 4.78 is 18.8. The molecule has 0 aromatic carbocycles. The zero-order valence-corrected chi connectivity index (χ0v) is 20.8. The zero-order chi connectivity index (χ0) is 24.8. The third-order valence-electron chi connectivity index (χ3n) is 7.03. The van der Waals surface area contributed by atoms with Crippen LogP contribution in [0.1, 0.15) is 62.5 Å². The highest BCUT2D eigenvalue weighted by atomic mass is 16.5. The van der Waals surface area contributed by atoms with Gasteiger partial charge in [0.05, 0.1) is 37.0 Å². The number of hydrogen-bond donors (Lipinski definition) is 3. The van der Waals surface area contributed by atoms with Crippen LogP contribution in [0.15, 0.2) is 6.07 Å². The number of amides is 2. The molecule has 1 aliphatic carbocycles. The van der Waals surface area contributed by atoms with Gasteiger partial charge in [-0.3, -0.25) is 9.48 Å². The second kappa shape index (κ2) is 12.2. The SMILES string of the molecule is COC[C@H]1CO[C@@H](C(=O)N(C2CC2)[C@H](C)c2cc(CCCNC(=O)O)n(C3CCOCC3)n2)CN1. The Labute approximate surface area is 206 Å². The van der Waals surface area contributed by atoms with Crippen molar-refractivity contribution in [2.24, 2.45) is 0 Å². The normalized spacial score (nSPS) is 24.2. The molecule has 0 radical (unpaired) electrons. The number of carbonyl (C=O) groups is 2. The van der Waals surface area contributed by atoms with E-state index in [-0.39, 0.29) is 30.1 Å². The second-order valence-electron chi connectivity index (χ2n) is 9.72. The van der Waals surface area contributed by atoms with Crippen LogP contribution in [-0.2, 0) is 25.4 Å². The Bertz CT molecular complexity index is 845. The molecule has 0 bridgehead atoms. The summed E-state index contributed by atoms with van der Waals surface area (Å²) in [6, 6.07) is 2.49. The number of carbonyl (C=O) groups excluding carboxylic acids is 1. The maximum Gasteiger partial charge on any atom is 0.404 e. The van der Waals surface area contributed by atoms with Gasteiger partial charge in [0.15, 0.2) is 0 Å². The lowest BCUT2D eigenvalue weighted by Gasteiger charge is -2.35. The van der Waals surface area contributed by atoms with Gasteiger partial charge in [0.1, 0.15) is 6.10 Å². The molecule has 1 saturated carbocycles. The molecule has 2 aliphatic heterocycles. The van der Waals surface area contributed by atoms with E-state index in [2.05, 4.69) is 21.4 Å². The quantitative estimate of drug-likeness (QED) is 0.396. The fourth-order valence-corrected chi connectivity index (χ4v) is 5.00. The number of hydrogen-bond acceptors (Lipinski definition) is 7. The Kier molecular flexibility index (Phi) is 8.99. The fraction of sp³-hybridized carbons (Fsp3) is 0.792. The maximum atomic E-state index is 13.5. The van der Waals surface area contributed by atoms with E-state index in [0.717, 1.165) is 37.1 Å². The summed E-state index contributed by atoms with van der Waals surface area (Å²) in [5, 5.41) is 19.7. The van der Waals surface area contributed by atoms with Gasteiger partial charge < -0.3 is 34.9 Å². The summed E-state index contributed by atoms with van der Waals surface area (Å²) in [5.74, 6) is 0.0104. The molecule has 2 amide bonds. The lowest BCUT2D eigenvalue weighted by atomic mass is 10.1. The lowest BCUT2D eigenvalue weighted by Crippen LogP contribution is -2.55. The largest absolute Gasteiger partial charge is 0.465 e. The smallest absolute Gasteiger partial charge is 0.404 e. The molecule has 35 heavy (non-hydrogen) atoms. The summed E-state index contributed by atoms with van der Waals surface area (Å²) >= 11 is 0. The molecule has 3 N–H and O–H groups in total. The molecular formula is C24H39N5O6. The van der Waals surface area contributed by atoms with Gasteiger partial charge in [-0.25, -0.2) is 4.79 Å². The van der Waals surface area contributed by atoms with E-state index >= 15 is 0 Å². The minimum atomic E-state index is -1.01. The molecule has 4 rings (SSSR count). The van der Waals surface area contributed by atoms with E-state index in [9.17, 15) is 9.59 Å². The molecule has 11 heteroatoms. The minimum absolute atomic E-state index is 0.0104. The van der Waals surface area contributed by atoms with Gasteiger partial charge in [-0.2, -0.15) is 5.10 Å². The summed E-state index contributed by atoms with van der Waals surface area (Å²) in [6.07, 6.45) is 3.66. The highest BCUT2D eigenvalue weighted by molar-refractivity contribution is 5.82. The van der Waals surface area contributed by atoms with Crippen LogP contribution in [0.5, 0.6) is 0 Å². The van der Waals surface area contributed by atoms with Crippen LogP contribution in [0.2, 0.25) is 0 Å². The number of methoxy groups -OCH3 is 1. The predicted octanol–water partition coefficient (Wildman–Crippen LogP) is 1.49. The number of aromatic nitrogens is 2. The Balaban J connectivity index is 1.48. The molecular weight excluding hydrogens is 454 g/mol. The first-order valence-electron chi connectivity index (χ1n) is 12.8. The first kappa shape index (κ1) is 25.9. The number of carboxylic acid groups (broad SMARTS) is 1. The van der Waals surface area contributed by atoms with Gasteiger partial charge in [0.2, 0.25) is 0 Å².